The Morgan fingerprint density at radius 1 is 1.29 bits per heavy atom. The summed E-state index contributed by atoms with van der Waals surface area (Å²) in [6.07, 6.45) is -4.56. The van der Waals surface area contributed by atoms with Crippen LogP contribution in [0.25, 0.3) is 0 Å². The molecule has 1 amide bonds. The second-order valence-electron chi connectivity index (χ2n) is 3.52. The molecule has 2 rings (SSSR count). The fraction of sp³-hybridized carbons (Fsp3) is 0.300. The van der Waals surface area contributed by atoms with E-state index in [4.69, 9.17) is 11.6 Å². The molecule has 0 bridgehead atoms. The summed E-state index contributed by atoms with van der Waals surface area (Å²) in [7, 11) is 0. The number of hydrogen-bond acceptors (Lipinski definition) is 2. The summed E-state index contributed by atoms with van der Waals surface area (Å²) >= 11 is 6.17. The molecular formula is C10H7ClF3NOS. The summed E-state index contributed by atoms with van der Waals surface area (Å²) in [6.45, 7) is 0. The number of carbonyl (C=O) groups excluding carboxylic acids is 1. The van der Waals surface area contributed by atoms with E-state index in [1.54, 1.807) is 0 Å². The second-order valence-corrected chi connectivity index (χ2v) is 5.15. The zero-order chi connectivity index (χ0) is 12.7. The van der Waals surface area contributed by atoms with E-state index in [-0.39, 0.29) is 11.3 Å². The smallest absolute Gasteiger partial charge is 0.329 e. The van der Waals surface area contributed by atoms with Crippen molar-refractivity contribution in [1.29, 1.82) is 0 Å². The Morgan fingerprint density at radius 3 is 2.29 bits per heavy atom. The molecule has 2 nitrogen and oxygen atoms in total. The van der Waals surface area contributed by atoms with Crippen molar-refractivity contribution in [2.75, 3.05) is 5.75 Å². The average Bonchev–Trinajstić information content (AvgIpc) is 2.62. The van der Waals surface area contributed by atoms with Crippen molar-refractivity contribution >= 4 is 29.3 Å². The highest BCUT2D eigenvalue weighted by atomic mass is 35.5. The van der Waals surface area contributed by atoms with Crippen LogP contribution in [0.4, 0.5) is 13.2 Å². The number of alkyl halides is 3. The second kappa shape index (κ2) is 4.10. The van der Waals surface area contributed by atoms with Gasteiger partial charge in [0.15, 0.2) is 0 Å². The van der Waals surface area contributed by atoms with Crippen molar-refractivity contribution < 1.29 is 18.0 Å². The lowest BCUT2D eigenvalue weighted by atomic mass is 10.1. The minimum Gasteiger partial charge on any atom is -0.329 e. The van der Waals surface area contributed by atoms with Crippen LogP contribution in [0.15, 0.2) is 24.3 Å². The third-order valence-electron chi connectivity index (χ3n) is 2.39. The molecule has 1 aliphatic rings. The lowest BCUT2D eigenvalue weighted by Gasteiger charge is -2.30. The van der Waals surface area contributed by atoms with Gasteiger partial charge in [-0.1, -0.05) is 23.7 Å². The molecule has 0 radical (unpaired) electrons. The molecule has 92 valence electrons. The lowest BCUT2D eigenvalue weighted by molar-refractivity contribution is -0.171. The van der Waals surface area contributed by atoms with Crippen molar-refractivity contribution in [3.63, 3.8) is 0 Å². The largest absolute Gasteiger partial charge is 0.425 e. The van der Waals surface area contributed by atoms with Crippen LogP contribution in [-0.4, -0.2) is 17.8 Å². The summed E-state index contributed by atoms with van der Waals surface area (Å²) in [5.74, 6) is -0.829. The Hall–Kier alpha value is -0.880. The molecule has 0 aromatic heterocycles. The fourth-order valence-corrected chi connectivity index (χ4v) is 2.80. The third-order valence-corrected chi connectivity index (χ3v) is 4.05. The molecule has 1 N–H and O–H groups in total. The number of hydrogen-bond donors (Lipinski definition) is 1. The van der Waals surface area contributed by atoms with Crippen LogP contribution in [0.1, 0.15) is 5.56 Å². The predicted molar refractivity (Wildman–Crippen MR) is 59.8 cm³/mol. The van der Waals surface area contributed by atoms with E-state index >= 15 is 0 Å². The topological polar surface area (TPSA) is 29.1 Å². The number of thioether (sulfide) groups is 1. The summed E-state index contributed by atoms with van der Waals surface area (Å²) < 4.78 is 39.3. The van der Waals surface area contributed by atoms with Gasteiger partial charge in [0.25, 0.3) is 0 Å². The molecule has 0 aliphatic carbocycles. The maximum Gasteiger partial charge on any atom is 0.425 e. The quantitative estimate of drug-likeness (QED) is 0.857. The zero-order valence-electron chi connectivity index (χ0n) is 8.34. The molecule has 0 saturated carbocycles. The van der Waals surface area contributed by atoms with Gasteiger partial charge in [-0.3, -0.25) is 4.79 Å². The maximum atomic E-state index is 13.1. The molecule has 1 fully saturated rings. The maximum absolute atomic E-state index is 13.1. The fourth-order valence-electron chi connectivity index (χ4n) is 1.60. The normalized spacial score (nSPS) is 24.8. The van der Waals surface area contributed by atoms with Gasteiger partial charge in [0, 0.05) is 5.02 Å². The first-order valence-electron chi connectivity index (χ1n) is 4.63. The molecule has 1 atom stereocenters. The van der Waals surface area contributed by atoms with E-state index < -0.39 is 17.0 Å². The first-order chi connectivity index (χ1) is 7.85. The van der Waals surface area contributed by atoms with E-state index in [1.165, 1.54) is 24.3 Å². The summed E-state index contributed by atoms with van der Waals surface area (Å²) in [4.78, 5) is 8.74. The number of carbonyl (C=O) groups is 1. The van der Waals surface area contributed by atoms with Gasteiger partial charge in [-0.25, -0.2) is 0 Å². The molecular weight excluding hydrogens is 275 g/mol. The van der Waals surface area contributed by atoms with Gasteiger partial charge in [-0.2, -0.15) is 13.2 Å². The third kappa shape index (κ3) is 2.11. The van der Waals surface area contributed by atoms with Gasteiger partial charge >= 0.3 is 6.18 Å². The van der Waals surface area contributed by atoms with Crippen molar-refractivity contribution in [3.8, 4) is 0 Å². The monoisotopic (exact) mass is 281 g/mol. The Labute approximate surface area is 105 Å². The number of nitrogens with one attached hydrogen (secondary N) is 1. The number of rotatable bonds is 1. The lowest BCUT2D eigenvalue weighted by Crippen LogP contribution is -2.49. The molecule has 1 heterocycles. The molecule has 1 aliphatic heterocycles. The minimum absolute atomic E-state index is 0.0229. The molecule has 1 saturated heterocycles. The van der Waals surface area contributed by atoms with Gasteiger partial charge in [0.05, 0.1) is 5.75 Å². The number of benzene rings is 1. The first kappa shape index (κ1) is 12.6. The molecule has 1 aromatic carbocycles. The highest BCUT2D eigenvalue weighted by molar-refractivity contribution is 8.01. The molecule has 1 unspecified atom stereocenters. The highest BCUT2D eigenvalue weighted by Crippen LogP contribution is 2.50. The van der Waals surface area contributed by atoms with E-state index in [2.05, 4.69) is 0 Å². The minimum atomic E-state index is -4.56. The van der Waals surface area contributed by atoms with Crippen LogP contribution in [0, 0.1) is 0 Å². The van der Waals surface area contributed by atoms with Gasteiger partial charge in [-0.05, 0) is 17.7 Å². The van der Waals surface area contributed by atoms with Crippen LogP contribution >= 0.6 is 23.4 Å². The molecule has 7 heteroatoms. The summed E-state index contributed by atoms with van der Waals surface area (Å²) in [6, 6.07) is 5.29. The van der Waals surface area contributed by atoms with Crippen molar-refractivity contribution in [1.82, 2.24) is 5.32 Å². The van der Waals surface area contributed by atoms with Gasteiger partial charge in [-0.15, -0.1) is 11.8 Å². The van der Waals surface area contributed by atoms with E-state index in [0.29, 0.717) is 16.8 Å². The van der Waals surface area contributed by atoms with Crippen LogP contribution in [0.2, 0.25) is 5.02 Å². The van der Waals surface area contributed by atoms with Crippen molar-refractivity contribution in [2.24, 2.45) is 0 Å². The average molecular weight is 282 g/mol. The van der Waals surface area contributed by atoms with Crippen molar-refractivity contribution in [3.05, 3.63) is 34.9 Å². The van der Waals surface area contributed by atoms with Crippen LogP contribution in [0.3, 0.4) is 0 Å². The Kier molecular flexibility index (Phi) is 3.03. The standard InChI is InChI=1S/C10H7ClF3NOS/c11-7-3-1-6(2-4-7)9(10(12,13)14)15-8(16)5-17-9/h1-4H,5H2,(H,15,16). The summed E-state index contributed by atoms with van der Waals surface area (Å²) in [5, 5.41) is 2.35. The Bertz CT molecular complexity index is 448. The summed E-state index contributed by atoms with van der Waals surface area (Å²) in [5.41, 5.74) is -0.0229. The van der Waals surface area contributed by atoms with E-state index in [0.717, 1.165) is 0 Å². The number of halogens is 4. The van der Waals surface area contributed by atoms with Gasteiger partial charge < -0.3 is 5.32 Å². The highest BCUT2D eigenvalue weighted by Gasteiger charge is 2.60. The molecule has 1 aromatic rings. The van der Waals surface area contributed by atoms with Gasteiger partial charge in [0.1, 0.15) is 0 Å². The van der Waals surface area contributed by atoms with E-state index in [1.807, 2.05) is 5.32 Å². The van der Waals surface area contributed by atoms with Gasteiger partial charge in [0.2, 0.25) is 10.8 Å². The van der Waals surface area contributed by atoms with Crippen LogP contribution in [-0.2, 0) is 9.67 Å². The zero-order valence-corrected chi connectivity index (χ0v) is 9.92. The number of amides is 1. The molecule has 0 spiro atoms. The Balaban J connectivity index is 2.48. The molecule has 17 heavy (non-hydrogen) atoms. The SMILES string of the molecule is O=C1CSC(c2ccc(Cl)cc2)(C(F)(F)F)N1. The van der Waals surface area contributed by atoms with E-state index in [9.17, 15) is 18.0 Å². The van der Waals surface area contributed by atoms with Crippen molar-refractivity contribution in [2.45, 2.75) is 11.0 Å². The Morgan fingerprint density at radius 2 is 1.88 bits per heavy atom. The predicted octanol–water partition coefficient (Wildman–Crippen LogP) is 2.92. The van der Waals surface area contributed by atoms with Crippen LogP contribution < -0.4 is 5.32 Å². The van der Waals surface area contributed by atoms with Crippen LogP contribution in [0.5, 0.6) is 0 Å². The first-order valence-corrected chi connectivity index (χ1v) is 5.99.